The number of carbonyl (C=O) groups excluding carboxylic acids is 3. The molecule has 0 heterocycles. The van der Waals surface area contributed by atoms with E-state index in [-0.39, 0.29) is 23.7 Å². The van der Waals surface area contributed by atoms with Crippen molar-refractivity contribution in [2.45, 2.75) is 19.3 Å². The molecule has 0 fully saturated rings. The first-order valence-corrected chi connectivity index (χ1v) is 11.6. The second kappa shape index (κ2) is 11.0. The number of methoxy groups -OCH3 is 1. The largest absolute Gasteiger partial charge is 0.482 e. The minimum Gasteiger partial charge on any atom is -0.482 e. The number of carboxylic acids is 1. The van der Waals surface area contributed by atoms with Crippen LogP contribution in [-0.4, -0.2) is 42.7 Å². The lowest BCUT2D eigenvalue weighted by Crippen LogP contribution is -2.14. The molecule has 0 bridgehead atoms. The number of ether oxygens (including phenoxy) is 4. The monoisotopic (exact) mass is 516 g/mol. The van der Waals surface area contributed by atoms with Crippen LogP contribution in [0, 0.1) is 0 Å². The summed E-state index contributed by atoms with van der Waals surface area (Å²) in [6.45, 7) is 5.10. The van der Waals surface area contributed by atoms with E-state index in [0.29, 0.717) is 17.1 Å². The molecule has 0 radical (unpaired) electrons. The van der Waals surface area contributed by atoms with Crippen molar-refractivity contribution in [2.75, 3.05) is 13.7 Å². The molecule has 194 valence electrons. The second-order valence-electron chi connectivity index (χ2n) is 8.56. The van der Waals surface area contributed by atoms with Gasteiger partial charge in [-0.15, -0.1) is 0 Å². The van der Waals surface area contributed by atoms with E-state index in [9.17, 15) is 19.2 Å². The molecule has 0 spiro atoms. The standard InChI is InChI=1S/C29H24O9/c1-16(12-27(32)35-3)28(33)38-21-9-11-23-22-10-4-18(13-24(22)17(2)25(23)14-21)29(34)37-20-7-5-19(6-8-20)36-15-26(30)31/h4-11,13-14,17H,1,12,15H2,2-3H3,(H,30,31). The number of fused-ring (bicyclic) bond motifs is 3. The summed E-state index contributed by atoms with van der Waals surface area (Å²) >= 11 is 0. The van der Waals surface area contributed by atoms with Crippen molar-refractivity contribution in [3.05, 3.63) is 89.5 Å². The zero-order valence-electron chi connectivity index (χ0n) is 20.7. The van der Waals surface area contributed by atoms with Gasteiger partial charge in [0.1, 0.15) is 17.2 Å². The lowest BCUT2D eigenvalue weighted by molar-refractivity contribution is -0.141. The zero-order valence-corrected chi connectivity index (χ0v) is 20.7. The van der Waals surface area contributed by atoms with Crippen molar-refractivity contribution in [3.8, 4) is 28.4 Å². The molecule has 9 heteroatoms. The van der Waals surface area contributed by atoms with E-state index in [1.807, 2.05) is 19.1 Å². The molecule has 0 aromatic heterocycles. The van der Waals surface area contributed by atoms with Gasteiger partial charge in [-0.05, 0) is 70.8 Å². The molecule has 4 rings (SSSR count). The molecular weight excluding hydrogens is 492 g/mol. The van der Waals surface area contributed by atoms with Crippen LogP contribution in [0.1, 0.15) is 40.7 Å². The first kappa shape index (κ1) is 26.2. The highest BCUT2D eigenvalue weighted by Crippen LogP contribution is 2.46. The number of aliphatic carboxylic acids is 1. The maximum atomic E-state index is 12.8. The van der Waals surface area contributed by atoms with Crippen LogP contribution < -0.4 is 14.2 Å². The molecule has 38 heavy (non-hydrogen) atoms. The van der Waals surface area contributed by atoms with Gasteiger partial charge in [-0.3, -0.25) is 4.79 Å². The summed E-state index contributed by atoms with van der Waals surface area (Å²) in [5, 5.41) is 8.69. The van der Waals surface area contributed by atoms with E-state index < -0.39 is 30.5 Å². The van der Waals surface area contributed by atoms with Crippen molar-refractivity contribution >= 4 is 23.9 Å². The Morgan fingerprint density at radius 3 is 2.11 bits per heavy atom. The maximum Gasteiger partial charge on any atom is 0.343 e. The van der Waals surface area contributed by atoms with Gasteiger partial charge in [0, 0.05) is 11.5 Å². The van der Waals surface area contributed by atoms with Crippen molar-refractivity contribution < 1.29 is 43.2 Å². The van der Waals surface area contributed by atoms with Gasteiger partial charge in [0.2, 0.25) is 0 Å². The van der Waals surface area contributed by atoms with Gasteiger partial charge in [-0.25, -0.2) is 14.4 Å². The summed E-state index contributed by atoms with van der Waals surface area (Å²) in [6.07, 6.45) is -0.260. The van der Waals surface area contributed by atoms with E-state index in [4.69, 9.17) is 19.3 Å². The van der Waals surface area contributed by atoms with Crippen molar-refractivity contribution in [1.82, 2.24) is 0 Å². The molecule has 1 atom stereocenters. The lowest BCUT2D eigenvalue weighted by Gasteiger charge is -2.10. The summed E-state index contributed by atoms with van der Waals surface area (Å²) in [6, 6.07) is 16.6. The van der Waals surface area contributed by atoms with Gasteiger partial charge in [-0.1, -0.05) is 25.6 Å². The van der Waals surface area contributed by atoms with Gasteiger partial charge in [-0.2, -0.15) is 0 Å². The number of carboxylic acid groups (broad SMARTS) is 1. The van der Waals surface area contributed by atoms with Crippen LogP contribution in [0.4, 0.5) is 0 Å². The third-order valence-electron chi connectivity index (χ3n) is 6.01. The number of hydrogen-bond acceptors (Lipinski definition) is 8. The first-order chi connectivity index (χ1) is 18.2. The predicted molar refractivity (Wildman–Crippen MR) is 135 cm³/mol. The van der Waals surface area contributed by atoms with Crippen LogP contribution in [-0.2, 0) is 19.1 Å². The topological polar surface area (TPSA) is 125 Å². The van der Waals surface area contributed by atoms with Crippen LogP contribution in [0.5, 0.6) is 17.2 Å². The van der Waals surface area contributed by atoms with Gasteiger partial charge >= 0.3 is 23.9 Å². The summed E-state index contributed by atoms with van der Waals surface area (Å²) in [5.41, 5.74) is 4.10. The first-order valence-electron chi connectivity index (χ1n) is 11.6. The number of rotatable bonds is 9. The minimum atomic E-state index is -1.09. The van der Waals surface area contributed by atoms with E-state index in [2.05, 4.69) is 11.3 Å². The molecule has 1 N–H and O–H groups in total. The Hall–Kier alpha value is -4.92. The molecule has 3 aromatic carbocycles. The second-order valence-corrected chi connectivity index (χ2v) is 8.56. The molecule has 0 amide bonds. The van der Waals surface area contributed by atoms with Gasteiger partial charge in [0.25, 0.3) is 0 Å². The Kier molecular flexibility index (Phi) is 7.57. The highest BCUT2D eigenvalue weighted by atomic mass is 16.5. The summed E-state index contributed by atoms with van der Waals surface area (Å²) in [5.74, 6) is -2.08. The molecular formula is C29H24O9. The van der Waals surface area contributed by atoms with Gasteiger partial charge < -0.3 is 24.1 Å². The average Bonchev–Trinajstić information content (AvgIpc) is 3.18. The Morgan fingerprint density at radius 2 is 1.45 bits per heavy atom. The van der Waals surface area contributed by atoms with Crippen LogP contribution >= 0.6 is 0 Å². The number of carbonyl (C=O) groups is 4. The predicted octanol–water partition coefficient (Wildman–Crippen LogP) is 4.53. The number of esters is 3. The van der Waals surface area contributed by atoms with E-state index in [1.54, 1.807) is 24.3 Å². The molecule has 0 aliphatic heterocycles. The Morgan fingerprint density at radius 1 is 0.842 bits per heavy atom. The molecule has 1 unspecified atom stereocenters. The third kappa shape index (κ3) is 5.73. The zero-order chi connectivity index (χ0) is 27.4. The summed E-state index contributed by atoms with van der Waals surface area (Å²) in [4.78, 5) is 47.1. The van der Waals surface area contributed by atoms with Crippen molar-refractivity contribution in [1.29, 1.82) is 0 Å². The fourth-order valence-corrected chi connectivity index (χ4v) is 4.08. The summed E-state index contributed by atoms with van der Waals surface area (Å²) in [7, 11) is 1.23. The van der Waals surface area contributed by atoms with E-state index in [1.165, 1.54) is 31.4 Å². The number of hydrogen-bond donors (Lipinski definition) is 1. The molecule has 0 saturated carbocycles. The quantitative estimate of drug-likeness (QED) is 0.248. The minimum absolute atomic E-state index is 0.0146. The van der Waals surface area contributed by atoms with Crippen LogP contribution in [0.25, 0.3) is 11.1 Å². The molecule has 9 nitrogen and oxygen atoms in total. The van der Waals surface area contributed by atoms with E-state index >= 15 is 0 Å². The molecule has 3 aromatic rings. The Balaban J connectivity index is 1.45. The maximum absolute atomic E-state index is 12.8. The third-order valence-corrected chi connectivity index (χ3v) is 6.01. The van der Waals surface area contributed by atoms with Gasteiger partial charge in [0.05, 0.1) is 19.1 Å². The van der Waals surface area contributed by atoms with E-state index in [0.717, 1.165) is 22.3 Å². The normalized spacial score (nSPS) is 13.1. The highest BCUT2D eigenvalue weighted by molar-refractivity contribution is 5.95. The summed E-state index contributed by atoms with van der Waals surface area (Å²) < 4.78 is 20.5. The Bertz CT molecular complexity index is 1440. The SMILES string of the molecule is C=C(CC(=O)OC)C(=O)Oc1ccc2c(c1)C(C)c1cc(C(=O)Oc3ccc(OCC(=O)O)cc3)ccc1-2. The molecule has 1 aliphatic carbocycles. The fraction of sp³-hybridized carbons (Fsp3) is 0.172. The Labute approximate surface area is 218 Å². The van der Waals surface area contributed by atoms with Crippen LogP contribution in [0.3, 0.4) is 0 Å². The van der Waals surface area contributed by atoms with Crippen LogP contribution in [0.2, 0.25) is 0 Å². The highest BCUT2D eigenvalue weighted by Gasteiger charge is 2.28. The van der Waals surface area contributed by atoms with Crippen molar-refractivity contribution in [2.24, 2.45) is 0 Å². The number of benzene rings is 3. The fourth-order valence-electron chi connectivity index (χ4n) is 4.08. The van der Waals surface area contributed by atoms with Gasteiger partial charge in [0.15, 0.2) is 6.61 Å². The molecule has 1 aliphatic rings. The van der Waals surface area contributed by atoms with Crippen LogP contribution in [0.15, 0.2) is 72.8 Å². The average molecular weight is 517 g/mol. The molecule has 0 saturated heterocycles. The smallest absolute Gasteiger partial charge is 0.343 e. The van der Waals surface area contributed by atoms with Crippen molar-refractivity contribution in [3.63, 3.8) is 0 Å². The lowest BCUT2D eigenvalue weighted by atomic mass is 9.98.